The number of carbonyl (C=O) groups is 1. The first-order valence-corrected chi connectivity index (χ1v) is 9.15. The predicted molar refractivity (Wildman–Crippen MR) is 103 cm³/mol. The number of hydrogen-bond donors (Lipinski definition) is 1. The van der Waals surface area contributed by atoms with Crippen LogP contribution in [0.5, 0.6) is 5.75 Å². The van der Waals surface area contributed by atoms with E-state index in [-0.39, 0.29) is 17.5 Å². The second-order valence-electron chi connectivity index (χ2n) is 6.95. The van der Waals surface area contributed by atoms with Gasteiger partial charge in [-0.3, -0.25) is 4.79 Å². The number of fused-ring (bicyclic) bond motifs is 3. The van der Waals surface area contributed by atoms with Crippen LogP contribution >= 0.6 is 11.6 Å². The minimum absolute atomic E-state index is 0.0270. The van der Waals surface area contributed by atoms with E-state index in [1.54, 1.807) is 13.2 Å². The number of ether oxygens (including phenoxy) is 2. The number of nitrogens with zero attached hydrogens (tertiary/aromatic N) is 1. The van der Waals surface area contributed by atoms with Crippen LogP contribution in [-0.4, -0.2) is 36.0 Å². The molecule has 0 radical (unpaired) electrons. The molecule has 1 aliphatic heterocycles. The fourth-order valence-corrected chi connectivity index (χ4v) is 3.65. The predicted octanol–water partition coefficient (Wildman–Crippen LogP) is 3.65. The van der Waals surface area contributed by atoms with Gasteiger partial charge in [0.15, 0.2) is 5.43 Å². The molecule has 1 N–H and O–H groups in total. The molecule has 0 bridgehead atoms. The number of halogens is 1. The molecule has 0 saturated heterocycles. The fourth-order valence-electron chi connectivity index (χ4n) is 3.43. The summed E-state index contributed by atoms with van der Waals surface area (Å²) in [4.78, 5) is 23.7. The smallest absolute Gasteiger partial charge is 0.341 e. The van der Waals surface area contributed by atoms with Crippen molar-refractivity contribution in [2.24, 2.45) is 5.92 Å². The molecule has 2 heterocycles. The van der Waals surface area contributed by atoms with Crippen molar-refractivity contribution in [3.63, 3.8) is 0 Å². The number of pyridine rings is 1. The summed E-state index contributed by atoms with van der Waals surface area (Å²) in [6, 6.07) is 5.10. The summed E-state index contributed by atoms with van der Waals surface area (Å²) in [5.41, 5.74) is 1.78. The van der Waals surface area contributed by atoms with Crippen molar-refractivity contribution in [3.8, 4) is 17.0 Å². The summed E-state index contributed by atoms with van der Waals surface area (Å²) < 4.78 is 12.6. The Bertz CT molecular complexity index is 935. The van der Waals surface area contributed by atoms with Gasteiger partial charge in [-0.2, -0.15) is 0 Å². The van der Waals surface area contributed by atoms with Crippen molar-refractivity contribution in [2.45, 2.75) is 26.3 Å². The molecule has 0 saturated carbocycles. The zero-order valence-corrected chi connectivity index (χ0v) is 16.2. The maximum Gasteiger partial charge on any atom is 0.341 e. The Morgan fingerprint density at radius 3 is 2.70 bits per heavy atom. The lowest BCUT2D eigenvalue weighted by molar-refractivity contribution is 0.0694. The maximum absolute atomic E-state index is 12.3. The molecule has 1 aromatic heterocycles. The number of methoxy groups -OCH3 is 1. The highest BCUT2D eigenvalue weighted by molar-refractivity contribution is 6.32. The molecule has 7 heteroatoms. The van der Waals surface area contributed by atoms with Gasteiger partial charge < -0.3 is 19.1 Å². The maximum atomic E-state index is 12.3. The number of rotatable bonds is 6. The number of aromatic carboxylic acids is 1. The highest BCUT2D eigenvalue weighted by Gasteiger charge is 2.28. The van der Waals surface area contributed by atoms with Crippen LogP contribution in [0.15, 0.2) is 29.2 Å². The van der Waals surface area contributed by atoms with Crippen molar-refractivity contribution >= 4 is 17.6 Å². The summed E-state index contributed by atoms with van der Waals surface area (Å²) in [5.74, 6) is -0.397. The average molecular weight is 392 g/mol. The number of aromatic nitrogens is 1. The number of carboxylic acids is 1. The molecule has 0 fully saturated rings. The molecule has 0 aliphatic carbocycles. The Labute approximate surface area is 162 Å². The topological polar surface area (TPSA) is 77.8 Å². The van der Waals surface area contributed by atoms with Gasteiger partial charge >= 0.3 is 5.97 Å². The summed E-state index contributed by atoms with van der Waals surface area (Å²) in [6.45, 7) is 4.99. The second kappa shape index (κ2) is 7.74. The van der Waals surface area contributed by atoms with Gasteiger partial charge in [-0.15, -0.1) is 0 Å². The number of carboxylic acid groups (broad SMARTS) is 1. The Balaban J connectivity index is 2.14. The summed E-state index contributed by atoms with van der Waals surface area (Å²) in [7, 11) is 1.60. The van der Waals surface area contributed by atoms with Crippen LogP contribution in [0.4, 0.5) is 0 Å². The first-order chi connectivity index (χ1) is 12.8. The van der Waals surface area contributed by atoms with Crippen molar-refractivity contribution in [2.75, 3.05) is 20.3 Å². The van der Waals surface area contributed by atoms with Crippen molar-refractivity contribution < 1.29 is 19.4 Å². The van der Waals surface area contributed by atoms with Gasteiger partial charge in [0, 0.05) is 31.0 Å². The van der Waals surface area contributed by atoms with Gasteiger partial charge in [0.1, 0.15) is 17.9 Å². The zero-order valence-electron chi connectivity index (χ0n) is 15.5. The lowest BCUT2D eigenvalue weighted by Gasteiger charge is -2.33. The van der Waals surface area contributed by atoms with E-state index in [4.69, 9.17) is 21.1 Å². The average Bonchev–Trinajstić information content (AvgIpc) is 2.61. The van der Waals surface area contributed by atoms with Gasteiger partial charge in [-0.05, 0) is 30.0 Å². The summed E-state index contributed by atoms with van der Waals surface area (Å²) >= 11 is 6.38. The van der Waals surface area contributed by atoms with Crippen molar-refractivity contribution in [1.29, 1.82) is 0 Å². The van der Waals surface area contributed by atoms with Gasteiger partial charge in [0.25, 0.3) is 0 Å². The highest BCUT2D eigenvalue weighted by atomic mass is 35.5. The van der Waals surface area contributed by atoms with Crippen LogP contribution in [0.25, 0.3) is 11.3 Å². The lowest BCUT2D eigenvalue weighted by atomic mass is 9.87. The van der Waals surface area contributed by atoms with Crippen molar-refractivity contribution in [1.82, 2.24) is 4.57 Å². The third-order valence-electron chi connectivity index (χ3n) is 4.84. The van der Waals surface area contributed by atoms with Gasteiger partial charge in [-0.1, -0.05) is 25.4 Å². The molecule has 1 aromatic carbocycles. The molecule has 6 nitrogen and oxygen atoms in total. The van der Waals surface area contributed by atoms with Crippen LogP contribution in [0.1, 0.15) is 35.8 Å². The Morgan fingerprint density at radius 1 is 1.33 bits per heavy atom. The van der Waals surface area contributed by atoms with Crippen LogP contribution in [-0.2, 0) is 11.2 Å². The third kappa shape index (κ3) is 3.73. The van der Waals surface area contributed by atoms with E-state index in [1.165, 1.54) is 12.3 Å². The molecule has 144 valence electrons. The Hall–Kier alpha value is -2.31. The highest BCUT2D eigenvalue weighted by Crippen LogP contribution is 2.41. The Kier molecular flexibility index (Phi) is 5.58. The first kappa shape index (κ1) is 19.5. The minimum atomic E-state index is -1.22. The van der Waals surface area contributed by atoms with E-state index in [1.807, 2.05) is 10.6 Å². The monoisotopic (exact) mass is 391 g/mol. The largest absolute Gasteiger partial charge is 0.490 e. The van der Waals surface area contributed by atoms with E-state index in [0.29, 0.717) is 36.1 Å². The molecule has 0 unspecified atom stereocenters. The molecule has 1 atom stereocenters. The SMILES string of the molecule is COCCOc1cc2c(cc1Cl)-c1cc(=O)c(C(=O)O)cn1[C@@H](C(C)C)C2. The second-order valence-corrected chi connectivity index (χ2v) is 7.35. The normalized spacial score (nSPS) is 15.4. The van der Waals surface area contributed by atoms with Crippen LogP contribution < -0.4 is 10.2 Å². The lowest BCUT2D eigenvalue weighted by Crippen LogP contribution is -2.28. The molecule has 2 aromatic rings. The Morgan fingerprint density at radius 2 is 2.07 bits per heavy atom. The third-order valence-corrected chi connectivity index (χ3v) is 5.14. The van der Waals surface area contributed by atoms with E-state index < -0.39 is 11.4 Å². The van der Waals surface area contributed by atoms with Crippen LogP contribution in [0.3, 0.4) is 0 Å². The van der Waals surface area contributed by atoms with Gasteiger partial charge in [0.05, 0.1) is 17.3 Å². The molecular weight excluding hydrogens is 370 g/mol. The van der Waals surface area contributed by atoms with Crippen molar-refractivity contribution in [3.05, 3.63) is 50.8 Å². The van der Waals surface area contributed by atoms with Gasteiger partial charge in [-0.25, -0.2) is 4.79 Å². The molecular formula is C20H22ClNO5. The molecule has 3 rings (SSSR count). The van der Waals surface area contributed by atoms with E-state index in [0.717, 1.165) is 11.1 Å². The quantitative estimate of drug-likeness (QED) is 0.760. The first-order valence-electron chi connectivity index (χ1n) is 8.77. The van der Waals surface area contributed by atoms with E-state index in [2.05, 4.69) is 13.8 Å². The number of benzene rings is 1. The van der Waals surface area contributed by atoms with Gasteiger partial charge in [0.2, 0.25) is 0 Å². The fraction of sp³-hybridized carbons (Fsp3) is 0.400. The molecule has 27 heavy (non-hydrogen) atoms. The molecule has 0 amide bonds. The van der Waals surface area contributed by atoms with Crippen LogP contribution in [0, 0.1) is 5.92 Å². The van der Waals surface area contributed by atoms with Crippen LogP contribution in [0.2, 0.25) is 5.02 Å². The minimum Gasteiger partial charge on any atom is -0.490 e. The molecule has 1 aliphatic rings. The molecule has 0 spiro atoms. The number of hydrogen-bond acceptors (Lipinski definition) is 4. The van der Waals surface area contributed by atoms with E-state index in [9.17, 15) is 14.7 Å². The standard InChI is InChI=1S/C20H22ClNO5/c1-11(2)16-6-12-7-19(27-5-4-26-3)15(21)8-13(12)17-9-18(23)14(20(24)25)10-22(16)17/h7-11,16H,4-6H2,1-3H3,(H,24,25)/t16-/m1/s1. The summed E-state index contributed by atoms with van der Waals surface area (Å²) in [6.07, 6.45) is 2.14. The summed E-state index contributed by atoms with van der Waals surface area (Å²) in [5, 5.41) is 9.75. The van der Waals surface area contributed by atoms with E-state index >= 15 is 0 Å². The zero-order chi connectivity index (χ0) is 19.7.